The second-order valence-electron chi connectivity index (χ2n) is 5.40. The summed E-state index contributed by atoms with van der Waals surface area (Å²) in [5.41, 5.74) is 3.57. The third kappa shape index (κ3) is 2.62. The molecule has 0 fully saturated rings. The first-order chi connectivity index (χ1) is 11.2. The van der Waals surface area contributed by atoms with E-state index in [-0.39, 0.29) is 5.91 Å². The zero-order valence-corrected chi connectivity index (χ0v) is 13.7. The highest BCUT2D eigenvalue weighted by Gasteiger charge is 2.09. The molecule has 0 aliphatic heterocycles. The number of fused-ring (bicyclic) bond motifs is 3. The summed E-state index contributed by atoms with van der Waals surface area (Å²) in [6.45, 7) is 0. The maximum absolute atomic E-state index is 12.4. The molecule has 0 bridgehead atoms. The number of halogens is 1. The highest BCUT2D eigenvalue weighted by molar-refractivity contribution is 9.10. The van der Waals surface area contributed by atoms with Gasteiger partial charge in [-0.25, -0.2) is 0 Å². The number of aromatic amines is 1. The number of rotatable bonds is 2. The van der Waals surface area contributed by atoms with Gasteiger partial charge in [0, 0.05) is 37.5 Å². The number of benzene rings is 3. The van der Waals surface area contributed by atoms with Crippen LogP contribution in [0.25, 0.3) is 21.8 Å². The fraction of sp³-hybridized carbons (Fsp3) is 0. The first kappa shape index (κ1) is 14.0. The molecule has 0 saturated carbocycles. The van der Waals surface area contributed by atoms with Gasteiger partial charge in [-0.3, -0.25) is 4.79 Å². The summed E-state index contributed by atoms with van der Waals surface area (Å²) in [7, 11) is 0. The largest absolute Gasteiger partial charge is 0.355 e. The lowest BCUT2D eigenvalue weighted by Gasteiger charge is -2.06. The molecule has 23 heavy (non-hydrogen) atoms. The van der Waals surface area contributed by atoms with Crippen molar-refractivity contribution in [3.63, 3.8) is 0 Å². The van der Waals surface area contributed by atoms with Crippen LogP contribution < -0.4 is 5.32 Å². The SMILES string of the molecule is O=C(Nc1ccc2[nH]c3ccccc3c2c1)c1cccc(Br)c1. The van der Waals surface area contributed by atoms with E-state index in [0.29, 0.717) is 5.56 Å². The molecule has 4 heteroatoms. The van der Waals surface area contributed by atoms with Gasteiger partial charge in [-0.15, -0.1) is 0 Å². The fourth-order valence-corrected chi connectivity index (χ4v) is 3.16. The van der Waals surface area contributed by atoms with Crippen LogP contribution in [0.15, 0.2) is 71.2 Å². The second kappa shape index (κ2) is 5.56. The molecule has 1 amide bonds. The van der Waals surface area contributed by atoms with Crippen LogP contribution in [0.5, 0.6) is 0 Å². The number of para-hydroxylation sites is 1. The first-order valence-electron chi connectivity index (χ1n) is 7.28. The zero-order chi connectivity index (χ0) is 15.8. The van der Waals surface area contributed by atoms with E-state index < -0.39 is 0 Å². The number of anilines is 1. The van der Waals surface area contributed by atoms with E-state index in [2.05, 4.69) is 38.4 Å². The van der Waals surface area contributed by atoms with Gasteiger partial charge in [-0.1, -0.05) is 40.2 Å². The van der Waals surface area contributed by atoms with Gasteiger partial charge in [0.15, 0.2) is 0 Å². The average molecular weight is 365 g/mol. The number of nitrogens with one attached hydrogen (secondary N) is 2. The average Bonchev–Trinajstić information content (AvgIpc) is 2.93. The summed E-state index contributed by atoms with van der Waals surface area (Å²) < 4.78 is 0.886. The van der Waals surface area contributed by atoms with E-state index in [1.54, 1.807) is 12.1 Å². The van der Waals surface area contributed by atoms with Crippen LogP contribution in [0, 0.1) is 0 Å². The molecule has 0 spiro atoms. The van der Waals surface area contributed by atoms with Crippen molar-refractivity contribution in [2.45, 2.75) is 0 Å². The molecular formula is C19H13BrN2O. The number of carbonyl (C=O) groups excluding carboxylic acids is 1. The zero-order valence-electron chi connectivity index (χ0n) is 12.1. The minimum Gasteiger partial charge on any atom is -0.355 e. The van der Waals surface area contributed by atoms with Gasteiger partial charge in [0.05, 0.1) is 0 Å². The number of amides is 1. The van der Waals surface area contributed by atoms with Crippen molar-refractivity contribution >= 4 is 49.3 Å². The van der Waals surface area contributed by atoms with Crippen LogP contribution in [0.4, 0.5) is 5.69 Å². The van der Waals surface area contributed by atoms with E-state index in [4.69, 9.17) is 0 Å². The maximum Gasteiger partial charge on any atom is 0.255 e. The Morgan fingerprint density at radius 2 is 1.70 bits per heavy atom. The van der Waals surface area contributed by atoms with E-state index >= 15 is 0 Å². The van der Waals surface area contributed by atoms with Crippen LogP contribution in [-0.2, 0) is 0 Å². The highest BCUT2D eigenvalue weighted by Crippen LogP contribution is 2.27. The van der Waals surface area contributed by atoms with Crippen molar-refractivity contribution in [1.82, 2.24) is 4.98 Å². The van der Waals surface area contributed by atoms with E-state index in [0.717, 1.165) is 32.0 Å². The number of hydrogen-bond donors (Lipinski definition) is 2. The molecule has 3 nitrogen and oxygen atoms in total. The molecular weight excluding hydrogens is 352 g/mol. The molecule has 4 aromatic rings. The number of hydrogen-bond acceptors (Lipinski definition) is 1. The summed E-state index contributed by atoms with van der Waals surface area (Å²) in [6.07, 6.45) is 0. The summed E-state index contributed by atoms with van der Waals surface area (Å²) in [5.74, 6) is -0.120. The van der Waals surface area contributed by atoms with Crippen molar-refractivity contribution in [2.24, 2.45) is 0 Å². The first-order valence-corrected chi connectivity index (χ1v) is 8.07. The Morgan fingerprint density at radius 3 is 2.57 bits per heavy atom. The number of aromatic nitrogens is 1. The minimum atomic E-state index is -0.120. The molecule has 0 saturated heterocycles. The summed E-state index contributed by atoms with van der Waals surface area (Å²) in [6, 6.07) is 21.4. The molecule has 1 heterocycles. The summed E-state index contributed by atoms with van der Waals surface area (Å²) in [5, 5.41) is 5.22. The number of H-pyrrole nitrogens is 1. The van der Waals surface area contributed by atoms with Gasteiger partial charge in [-0.2, -0.15) is 0 Å². The van der Waals surface area contributed by atoms with Crippen molar-refractivity contribution < 1.29 is 4.79 Å². The van der Waals surface area contributed by atoms with Crippen LogP contribution in [0.2, 0.25) is 0 Å². The standard InChI is InChI=1S/C19H13BrN2O/c20-13-5-3-4-12(10-13)19(23)21-14-8-9-18-16(11-14)15-6-1-2-7-17(15)22-18/h1-11,22H,(H,21,23). The molecule has 3 aromatic carbocycles. The number of carbonyl (C=O) groups is 1. The molecule has 0 aliphatic rings. The van der Waals surface area contributed by atoms with Crippen molar-refractivity contribution in [3.05, 3.63) is 76.8 Å². The minimum absolute atomic E-state index is 0.120. The Morgan fingerprint density at radius 1 is 0.870 bits per heavy atom. The van der Waals surface area contributed by atoms with Gasteiger partial charge >= 0.3 is 0 Å². The summed E-state index contributed by atoms with van der Waals surface area (Å²) in [4.78, 5) is 15.7. The molecule has 0 radical (unpaired) electrons. The molecule has 0 atom stereocenters. The molecule has 2 N–H and O–H groups in total. The fourth-order valence-electron chi connectivity index (χ4n) is 2.76. The van der Waals surface area contributed by atoms with Gasteiger partial charge in [-0.05, 0) is 42.5 Å². The monoisotopic (exact) mass is 364 g/mol. The Hall–Kier alpha value is -2.59. The Kier molecular flexibility index (Phi) is 3.39. The normalized spacial score (nSPS) is 11.0. The Balaban J connectivity index is 1.71. The van der Waals surface area contributed by atoms with Crippen LogP contribution in [-0.4, -0.2) is 10.9 Å². The lowest BCUT2D eigenvalue weighted by Crippen LogP contribution is -2.11. The van der Waals surface area contributed by atoms with Crippen LogP contribution in [0.3, 0.4) is 0 Å². The van der Waals surface area contributed by atoms with E-state index in [9.17, 15) is 4.79 Å². The van der Waals surface area contributed by atoms with Gasteiger partial charge in [0.1, 0.15) is 0 Å². The maximum atomic E-state index is 12.4. The van der Waals surface area contributed by atoms with Crippen molar-refractivity contribution in [3.8, 4) is 0 Å². The predicted molar refractivity (Wildman–Crippen MR) is 97.9 cm³/mol. The smallest absolute Gasteiger partial charge is 0.255 e. The van der Waals surface area contributed by atoms with Crippen molar-refractivity contribution in [1.29, 1.82) is 0 Å². The lowest BCUT2D eigenvalue weighted by atomic mass is 10.1. The Labute approximate surface area is 141 Å². The second-order valence-corrected chi connectivity index (χ2v) is 6.31. The van der Waals surface area contributed by atoms with E-state index in [1.165, 1.54) is 0 Å². The third-order valence-electron chi connectivity index (χ3n) is 3.85. The summed E-state index contributed by atoms with van der Waals surface area (Å²) >= 11 is 3.39. The van der Waals surface area contributed by atoms with Crippen LogP contribution >= 0.6 is 15.9 Å². The van der Waals surface area contributed by atoms with Crippen LogP contribution in [0.1, 0.15) is 10.4 Å². The Bertz CT molecular complexity index is 1040. The molecule has 4 rings (SSSR count). The van der Waals surface area contributed by atoms with E-state index in [1.807, 2.05) is 42.5 Å². The topological polar surface area (TPSA) is 44.9 Å². The van der Waals surface area contributed by atoms with Gasteiger partial charge < -0.3 is 10.3 Å². The third-order valence-corrected chi connectivity index (χ3v) is 4.34. The van der Waals surface area contributed by atoms with Gasteiger partial charge in [0.2, 0.25) is 0 Å². The quantitative estimate of drug-likeness (QED) is 0.495. The predicted octanol–water partition coefficient (Wildman–Crippen LogP) is 5.34. The molecule has 112 valence electrons. The molecule has 0 unspecified atom stereocenters. The molecule has 1 aromatic heterocycles. The highest BCUT2D eigenvalue weighted by atomic mass is 79.9. The lowest BCUT2D eigenvalue weighted by molar-refractivity contribution is 0.102. The van der Waals surface area contributed by atoms with Gasteiger partial charge in [0.25, 0.3) is 5.91 Å². The van der Waals surface area contributed by atoms with Crippen molar-refractivity contribution in [2.75, 3.05) is 5.32 Å². The molecule has 0 aliphatic carbocycles.